The minimum atomic E-state index is -0.985. The minimum Gasteiger partial charge on any atom is -0.367 e. The van der Waals surface area contributed by atoms with Gasteiger partial charge in [-0.25, -0.2) is 23.1 Å². The van der Waals surface area contributed by atoms with Crippen molar-refractivity contribution in [2.45, 2.75) is 18.9 Å². The van der Waals surface area contributed by atoms with Gasteiger partial charge in [-0.3, -0.25) is 9.78 Å². The van der Waals surface area contributed by atoms with Gasteiger partial charge in [-0.15, -0.1) is 11.3 Å². The van der Waals surface area contributed by atoms with E-state index in [1.54, 1.807) is 22.5 Å². The minimum absolute atomic E-state index is 0.0947. The zero-order valence-electron chi connectivity index (χ0n) is 17.3. The summed E-state index contributed by atoms with van der Waals surface area (Å²) in [6.07, 6.45) is 3.10. The van der Waals surface area contributed by atoms with Gasteiger partial charge in [0.2, 0.25) is 0 Å². The van der Waals surface area contributed by atoms with Crippen LogP contribution in [-0.4, -0.2) is 44.9 Å². The van der Waals surface area contributed by atoms with Gasteiger partial charge in [0.25, 0.3) is 5.91 Å². The quantitative estimate of drug-likeness (QED) is 0.451. The normalized spacial score (nSPS) is 15.8. The summed E-state index contributed by atoms with van der Waals surface area (Å²) in [4.78, 5) is 28.5. The molecule has 1 fully saturated rings. The molecule has 168 valence electrons. The van der Waals surface area contributed by atoms with E-state index in [0.29, 0.717) is 29.5 Å². The maximum atomic E-state index is 13.5. The number of likely N-dealkylation sites (tertiary alicyclic amines) is 1. The average molecular weight is 469 g/mol. The van der Waals surface area contributed by atoms with Gasteiger partial charge in [-0.2, -0.15) is 0 Å². The number of nitrogens with zero attached hydrogens (tertiary/aromatic N) is 4. The van der Waals surface area contributed by atoms with Gasteiger partial charge >= 0.3 is 0 Å². The highest BCUT2D eigenvalue weighted by atomic mass is 32.1. The van der Waals surface area contributed by atoms with Crippen LogP contribution in [0, 0.1) is 17.5 Å². The largest absolute Gasteiger partial charge is 0.367 e. The lowest BCUT2D eigenvalue weighted by Crippen LogP contribution is -2.40. The molecule has 6 nitrogen and oxygen atoms in total. The van der Waals surface area contributed by atoms with Crippen molar-refractivity contribution in [1.82, 2.24) is 19.9 Å². The SMILES string of the molecule is O=C(c1ncsc1-c1ccc(F)cc1)N1CCCC1CNc1cnc2cc(F)c(F)cc2n1. The van der Waals surface area contributed by atoms with Crippen LogP contribution >= 0.6 is 11.3 Å². The molecule has 2 aromatic carbocycles. The summed E-state index contributed by atoms with van der Waals surface area (Å²) in [6.45, 7) is 1.02. The molecular weight excluding hydrogens is 451 g/mol. The van der Waals surface area contributed by atoms with Crippen molar-refractivity contribution in [3.63, 3.8) is 0 Å². The Morgan fingerprint density at radius 2 is 1.85 bits per heavy atom. The second-order valence-corrected chi connectivity index (χ2v) is 8.58. The number of rotatable bonds is 5. The fourth-order valence-corrected chi connectivity index (χ4v) is 4.76. The highest BCUT2D eigenvalue weighted by molar-refractivity contribution is 7.13. The smallest absolute Gasteiger partial charge is 0.274 e. The summed E-state index contributed by atoms with van der Waals surface area (Å²) in [5.74, 6) is -2.07. The molecule has 33 heavy (non-hydrogen) atoms. The van der Waals surface area contributed by atoms with Crippen molar-refractivity contribution in [2.24, 2.45) is 0 Å². The van der Waals surface area contributed by atoms with E-state index in [1.807, 2.05) is 0 Å². The number of amides is 1. The third-order valence-corrected chi connectivity index (χ3v) is 6.49. The van der Waals surface area contributed by atoms with Gasteiger partial charge in [0, 0.05) is 31.3 Å². The molecule has 3 heterocycles. The molecule has 4 aromatic rings. The molecule has 0 spiro atoms. The molecular formula is C23H18F3N5OS. The van der Waals surface area contributed by atoms with Crippen LogP contribution in [0.15, 0.2) is 48.1 Å². The number of anilines is 1. The Morgan fingerprint density at radius 3 is 2.64 bits per heavy atom. The fourth-order valence-electron chi connectivity index (χ4n) is 3.97. The molecule has 1 unspecified atom stereocenters. The number of thiazole rings is 1. The van der Waals surface area contributed by atoms with Crippen LogP contribution in [0.5, 0.6) is 0 Å². The van der Waals surface area contributed by atoms with Crippen LogP contribution in [0.25, 0.3) is 21.5 Å². The van der Waals surface area contributed by atoms with Crippen LogP contribution < -0.4 is 5.32 Å². The number of halogens is 3. The predicted octanol–water partition coefficient (Wildman–Crippen LogP) is 4.89. The van der Waals surface area contributed by atoms with Gasteiger partial charge in [0.05, 0.1) is 27.6 Å². The van der Waals surface area contributed by atoms with Crippen LogP contribution in [0.1, 0.15) is 23.3 Å². The highest BCUT2D eigenvalue weighted by Crippen LogP contribution is 2.30. The zero-order valence-corrected chi connectivity index (χ0v) is 18.1. The third-order valence-electron chi connectivity index (χ3n) is 5.62. The van der Waals surface area contributed by atoms with E-state index in [1.165, 1.54) is 29.7 Å². The Balaban J connectivity index is 1.31. The monoisotopic (exact) mass is 469 g/mol. The number of benzene rings is 2. The van der Waals surface area contributed by atoms with E-state index >= 15 is 0 Å². The average Bonchev–Trinajstić information content (AvgIpc) is 3.48. The molecule has 0 aliphatic carbocycles. The molecule has 10 heteroatoms. The summed E-state index contributed by atoms with van der Waals surface area (Å²) in [7, 11) is 0. The van der Waals surface area contributed by atoms with Crippen molar-refractivity contribution < 1.29 is 18.0 Å². The number of nitrogens with one attached hydrogen (secondary N) is 1. The summed E-state index contributed by atoms with van der Waals surface area (Å²) < 4.78 is 40.2. The Hall–Kier alpha value is -3.53. The molecule has 0 saturated carbocycles. The molecule has 0 radical (unpaired) electrons. The first-order valence-electron chi connectivity index (χ1n) is 10.4. The first kappa shape index (κ1) is 21.3. The lowest BCUT2D eigenvalue weighted by molar-refractivity contribution is 0.0739. The zero-order chi connectivity index (χ0) is 22.9. The van der Waals surface area contributed by atoms with Crippen molar-refractivity contribution in [3.8, 4) is 10.4 Å². The summed E-state index contributed by atoms with van der Waals surface area (Å²) >= 11 is 1.34. The molecule has 2 aromatic heterocycles. The summed E-state index contributed by atoms with van der Waals surface area (Å²) in [6, 6.07) is 7.90. The molecule has 0 bridgehead atoms. The van der Waals surface area contributed by atoms with Crippen LogP contribution in [0.3, 0.4) is 0 Å². The maximum absolute atomic E-state index is 13.5. The van der Waals surface area contributed by atoms with Gasteiger partial charge in [-0.05, 0) is 30.5 Å². The number of aromatic nitrogens is 3. The molecule has 1 atom stereocenters. The standard InChI is InChI=1S/C23H18F3N5OS/c24-14-5-3-13(4-6-14)22-21(29-12-33-22)23(32)31-7-1-2-15(31)10-28-20-11-27-18-8-16(25)17(26)9-19(18)30-20/h3-6,8-9,11-12,15H,1-2,7,10H2,(H,28,30). The lowest BCUT2D eigenvalue weighted by atomic mass is 10.1. The first-order chi connectivity index (χ1) is 16.0. The second kappa shape index (κ2) is 8.78. The van der Waals surface area contributed by atoms with E-state index in [9.17, 15) is 18.0 Å². The van der Waals surface area contributed by atoms with E-state index in [4.69, 9.17) is 0 Å². The Morgan fingerprint density at radius 1 is 1.09 bits per heavy atom. The molecule has 1 aliphatic heterocycles. The van der Waals surface area contributed by atoms with Crippen molar-refractivity contribution >= 4 is 34.1 Å². The van der Waals surface area contributed by atoms with Gasteiger partial charge in [0.1, 0.15) is 17.3 Å². The summed E-state index contributed by atoms with van der Waals surface area (Å²) in [5, 5.41) is 3.15. The molecule has 1 N–H and O–H groups in total. The van der Waals surface area contributed by atoms with Gasteiger partial charge < -0.3 is 10.2 Å². The fraction of sp³-hybridized carbons (Fsp3) is 0.217. The highest BCUT2D eigenvalue weighted by Gasteiger charge is 2.32. The van der Waals surface area contributed by atoms with Crippen LogP contribution in [-0.2, 0) is 0 Å². The predicted molar refractivity (Wildman–Crippen MR) is 120 cm³/mol. The molecule has 1 saturated heterocycles. The van der Waals surface area contributed by atoms with E-state index in [2.05, 4.69) is 20.3 Å². The van der Waals surface area contributed by atoms with E-state index in [0.717, 1.165) is 30.5 Å². The van der Waals surface area contributed by atoms with Crippen LogP contribution in [0.4, 0.5) is 19.0 Å². The second-order valence-electron chi connectivity index (χ2n) is 7.72. The topological polar surface area (TPSA) is 71.0 Å². The lowest BCUT2D eigenvalue weighted by Gasteiger charge is -2.25. The Bertz CT molecular complexity index is 1330. The van der Waals surface area contributed by atoms with E-state index in [-0.39, 0.29) is 28.8 Å². The van der Waals surface area contributed by atoms with Crippen molar-refractivity contribution in [2.75, 3.05) is 18.4 Å². The maximum Gasteiger partial charge on any atom is 0.274 e. The third kappa shape index (κ3) is 4.25. The van der Waals surface area contributed by atoms with Crippen molar-refractivity contribution in [1.29, 1.82) is 0 Å². The van der Waals surface area contributed by atoms with Crippen LogP contribution in [0.2, 0.25) is 0 Å². The number of hydrogen-bond donors (Lipinski definition) is 1. The Labute approximate surface area is 191 Å². The molecule has 1 aliphatic rings. The van der Waals surface area contributed by atoms with E-state index < -0.39 is 11.6 Å². The molecule has 1 amide bonds. The number of hydrogen-bond acceptors (Lipinski definition) is 6. The first-order valence-corrected chi connectivity index (χ1v) is 11.2. The van der Waals surface area contributed by atoms with Gasteiger partial charge in [0.15, 0.2) is 11.6 Å². The number of carbonyl (C=O) groups is 1. The summed E-state index contributed by atoms with van der Waals surface area (Å²) in [5.41, 5.74) is 3.20. The molecule has 5 rings (SSSR count). The number of carbonyl (C=O) groups excluding carboxylic acids is 1. The number of fused-ring (bicyclic) bond motifs is 1. The Kier molecular flexibility index (Phi) is 5.67. The van der Waals surface area contributed by atoms with Gasteiger partial charge in [-0.1, -0.05) is 12.1 Å². The van der Waals surface area contributed by atoms with Crippen molar-refractivity contribution in [3.05, 3.63) is 71.3 Å².